The fraction of sp³-hybridized carbons (Fsp3) is 0.417. The summed E-state index contributed by atoms with van der Waals surface area (Å²) >= 11 is 0. The number of rotatable bonds is 7. The zero-order valence-electron chi connectivity index (χ0n) is 11.5. The quantitative estimate of drug-likeness (QED) is 0.671. The van der Waals surface area contributed by atoms with Crippen LogP contribution in [0.3, 0.4) is 0 Å². The lowest BCUT2D eigenvalue weighted by Crippen LogP contribution is -2.36. The van der Waals surface area contributed by atoms with Gasteiger partial charge in [-0.1, -0.05) is 12.1 Å². The summed E-state index contributed by atoms with van der Waals surface area (Å²) in [5, 5.41) is 2.47. The normalized spacial score (nSPS) is 11.3. The minimum atomic E-state index is -3.31. The molecule has 0 bridgehead atoms. The lowest BCUT2D eigenvalue weighted by Gasteiger charge is -2.12. The van der Waals surface area contributed by atoms with Gasteiger partial charge in [0.15, 0.2) is 6.61 Å². The van der Waals surface area contributed by atoms with Crippen LogP contribution in [0.25, 0.3) is 0 Å². The number of ether oxygens (including phenoxy) is 1. The number of benzene rings is 1. The second-order valence-electron chi connectivity index (χ2n) is 4.27. The van der Waals surface area contributed by atoms with Crippen molar-refractivity contribution in [2.75, 3.05) is 38.7 Å². The molecule has 0 aliphatic heterocycles. The molecular weight excluding hydrogens is 282 g/mol. The van der Waals surface area contributed by atoms with Crippen molar-refractivity contribution >= 4 is 21.6 Å². The van der Waals surface area contributed by atoms with Crippen molar-refractivity contribution in [3.05, 3.63) is 24.3 Å². The number of nitrogens with two attached hydrogens (primary N) is 1. The highest BCUT2D eigenvalue weighted by molar-refractivity contribution is 7.89. The number of hydrogen-bond donors (Lipinski definition) is 2. The first kappa shape index (κ1) is 16.3. The minimum Gasteiger partial charge on any atom is -0.482 e. The Morgan fingerprint density at radius 3 is 2.60 bits per heavy atom. The molecule has 112 valence electrons. The van der Waals surface area contributed by atoms with Crippen LogP contribution >= 0.6 is 0 Å². The summed E-state index contributed by atoms with van der Waals surface area (Å²) in [5.41, 5.74) is 6.10. The van der Waals surface area contributed by atoms with Crippen LogP contribution in [-0.4, -0.2) is 51.6 Å². The van der Waals surface area contributed by atoms with E-state index in [0.29, 0.717) is 11.4 Å². The molecule has 0 heterocycles. The molecule has 0 spiro atoms. The van der Waals surface area contributed by atoms with E-state index in [1.807, 2.05) is 0 Å². The van der Waals surface area contributed by atoms with Crippen LogP contribution in [-0.2, 0) is 14.8 Å². The maximum atomic E-state index is 11.5. The number of hydrogen-bond acceptors (Lipinski definition) is 5. The fourth-order valence-electron chi connectivity index (χ4n) is 1.31. The van der Waals surface area contributed by atoms with Crippen molar-refractivity contribution in [2.24, 2.45) is 0 Å². The van der Waals surface area contributed by atoms with Crippen molar-refractivity contribution in [3.8, 4) is 5.75 Å². The van der Waals surface area contributed by atoms with Gasteiger partial charge in [0.2, 0.25) is 10.0 Å². The van der Waals surface area contributed by atoms with Gasteiger partial charge in [0.05, 0.1) is 11.4 Å². The zero-order valence-corrected chi connectivity index (χ0v) is 12.3. The molecule has 0 fully saturated rings. The first-order valence-electron chi connectivity index (χ1n) is 5.97. The summed E-state index contributed by atoms with van der Waals surface area (Å²) in [4.78, 5) is 11.5. The molecule has 0 saturated heterocycles. The number of sulfonamides is 1. The van der Waals surface area contributed by atoms with E-state index in [0.717, 1.165) is 4.31 Å². The Labute approximate surface area is 118 Å². The molecule has 1 aromatic rings. The molecule has 0 unspecified atom stereocenters. The average Bonchev–Trinajstić information content (AvgIpc) is 2.37. The van der Waals surface area contributed by atoms with Crippen LogP contribution in [0.15, 0.2) is 24.3 Å². The number of nitrogen functional groups attached to an aromatic ring is 1. The van der Waals surface area contributed by atoms with E-state index < -0.39 is 15.9 Å². The van der Waals surface area contributed by atoms with Gasteiger partial charge in [-0.15, -0.1) is 0 Å². The molecule has 1 rings (SSSR count). The number of nitrogens with zero attached hydrogens (tertiary/aromatic N) is 1. The lowest BCUT2D eigenvalue weighted by molar-refractivity contribution is -0.122. The SMILES string of the molecule is CN(C)S(=O)(=O)CCNC(=O)COc1ccccc1N. The number of para-hydroxylation sites is 2. The van der Waals surface area contributed by atoms with Crippen molar-refractivity contribution in [1.29, 1.82) is 0 Å². The molecule has 20 heavy (non-hydrogen) atoms. The third kappa shape index (κ3) is 5.06. The van der Waals surface area contributed by atoms with E-state index in [1.165, 1.54) is 14.1 Å². The van der Waals surface area contributed by atoms with E-state index in [1.54, 1.807) is 24.3 Å². The summed E-state index contributed by atoms with van der Waals surface area (Å²) < 4.78 is 29.3. The molecule has 1 aromatic carbocycles. The zero-order chi connectivity index (χ0) is 15.2. The smallest absolute Gasteiger partial charge is 0.257 e. The van der Waals surface area contributed by atoms with Gasteiger partial charge in [0, 0.05) is 20.6 Å². The van der Waals surface area contributed by atoms with Gasteiger partial charge in [0.25, 0.3) is 5.91 Å². The molecular formula is C12H19N3O4S. The summed E-state index contributed by atoms with van der Waals surface area (Å²) in [6, 6.07) is 6.82. The van der Waals surface area contributed by atoms with Gasteiger partial charge < -0.3 is 15.8 Å². The Hall–Kier alpha value is -1.80. The summed E-state index contributed by atoms with van der Waals surface area (Å²) in [6.07, 6.45) is 0. The standard InChI is InChI=1S/C12H19N3O4S/c1-15(2)20(17,18)8-7-14-12(16)9-19-11-6-4-3-5-10(11)13/h3-6H,7-9,13H2,1-2H3,(H,14,16). The number of nitrogens with one attached hydrogen (secondary N) is 1. The molecule has 0 aromatic heterocycles. The molecule has 1 amide bonds. The Morgan fingerprint density at radius 1 is 1.35 bits per heavy atom. The lowest BCUT2D eigenvalue weighted by atomic mass is 10.3. The van der Waals surface area contributed by atoms with Crippen molar-refractivity contribution in [2.45, 2.75) is 0 Å². The van der Waals surface area contributed by atoms with Crippen molar-refractivity contribution in [3.63, 3.8) is 0 Å². The van der Waals surface area contributed by atoms with E-state index in [-0.39, 0.29) is 18.9 Å². The Bertz CT molecular complexity index is 558. The third-order valence-electron chi connectivity index (χ3n) is 2.52. The van der Waals surface area contributed by atoms with Gasteiger partial charge in [-0.05, 0) is 12.1 Å². The van der Waals surface area contributed by atoms with E-state index in [4.69, 9.17) is 10.5 Å². The summed E-state index contributed by atoms with van der Waals surface area (Å²) in [5.74, 6) is -0.134. The van der Waals surface area contributed by atoms with E-state index in [2.05, 4.69) is 5.32 Å². The highest BCUT2D eigenvalue weighted by Crippen LogP contribution is 2.19. The highest BCUT2D eigenvalue weighted by Gasteiger charge is 2.13. The van der Waals surface area contributed by atoms with E-state index >= 15 is 0 Å². The molecule has 7 nitrogen and oxygen atoms in total. The van der Waals surface area contributed by atoms with Gasteiger partial charge >= 0.3 is 0 Å². The van der Waals surface area contributed by atoms with Gasteiger partial charge in [-0.25, -0.2) is 12.7 Å². The summed E-state index contributed by atoms with van der Waals surface area (Å²) in [7, 11) is -0.424. The van der Waals surface area contributed by atoms with Gasteiger partial charge in [-0.2, -0.15) is 0 Å². The molecule has 0 radical (unpaired) electrons. The van der Waals surface area contributed by atoms with Crippen molar-refractivity contribution < 1.29 is 17.9 Å². The predicted molar refractivity (Wildman–Crippen MR) is 76.8 cm³/mol. The van der Waals surface area contributed by atoms with Crippen LogP contribution in [0, 0.1) is 0 Å². The Balaban J connectivity index is 2.33. The second-order valence-corrected chi connectivity index (χ2v) is 6.58. The maximum Gasteiger partial charge on any atom is 0.257 e. The third-order valence-corrected chi connectivity index (χ3v) is 4.35. The average molecular weight is 301 g/mol. The largest absolute Gasteiger partial charge is 0.482 e. The number of carbonyl (C=O) groups excluding carboxylic acids is 1. The molecule has 3 N–H and O–H groups in total. The first-order valence-corrected chi connectivity index (χ1v) is 7.58. The molecule has 0 saturated carbocycles. The Morgan fingerprint density at radius 2 is 2.00 bits per heavy atom. The van der Waals surface area contributed by atoms with E-state index in [9.17, 15) is 13.2 Å². The van der Waals surface area contributed by atoms with Gasteiger partial charge in [0.1, 0.15) is 5.75 Å². The second kappa shape index (κ2) is 7.11. The number of amides is 1. The monoisotopic (exact) mass is 301 g/mol. The molecule has 0 aliphatic rings. The van der Waals surface area contributed by atoms with Crippen LogP contribution < -0.4 is 15.8 Å². The molecule has 0 atom stereocenters. The van der Waals surface area contributed by atoms with Gasteiger partial charge in [-0.3, -0.25) is 4.79 Å². The molecule has 0 aliphatic carbocycles. The highest BCUT2D eigenvalue weighted by atomic mass is 32.2. The van der Waals surface area contributed by atoms with Crippen LogP contribution in [0.1, 0.15) is 0 Å². The molecule has 8 heteroatoms. The minimum absolute atomic E-state index is 0.0347. The topological polar surface area (TPSA) is 102 Å². The predicted octanol–water partition coefficient (Wildman–Crippen LogP) is -0.345. The maximum absolute atomic E-state index is 11.5. The number of carbonyl (C=O) groups is 1. The van der Waals surface area contributed by atoms with Crippen LogP contribution in [0.2, 0.25) is 0 Å². The van der Waals surface area contributed by atoms with Crippen LogP contribution in [0.4, 0.5) is 5.69 Å². The van der Waals surface area contributed by atoms with Crippen LogP contribution in [0.5, 0.6) is 5.75 Å². The fourth-order valence-corrected chi connectivity index (χ4v) is 2.03. The summed E-state index contributed by atoms with van der Waals surface area (Å²) in [6.45, 7) is -0.177. The number of anilines is 1. The first-order chi connectivity index (χ1) is 9.33. The van der Waals surface area contributed by atoms with Crippen molar-refractivity contribution in [1.82, 2.24) is 9.62 Å². The Kier molecular flexibility index (Phi) is 5.78.